The Morgan fingerprint density at radius 3 is 2.44 bits per heavy atom. The van der Waals surface area contributed by atoms with Crippen molar-refractivity contribution in [3.8, 4) is 33.5 Å². The van der Waals surface area contributed by atoms with E-state index in [1.165, 1.54) is 28.3 Å². The van der Waals surface area contributed by atoms with Crippen LogP contribution < -0.4 is 0 Å². The molecule has 0 bridgehead atoms. The minimum atomic E-state index is -0.307. The van der Waals surface area contributed by atoms with E-state index in [-0.39, 0.29) is 34.9 Å². The topological polar surface area (TPSA) is 25.8 Å². The highest BCUT2D eigenvalue weighted by atomic mass is 35.5. The molecule has 0 saturated carbocycles. The van der Waals surface area contributed by atoms with Crippen LogP contribution in [0.1, 0.15) is 30.5 Å². The lowest BCUT2D eigenvalue weighted by Gasteiger charge is -2.22. The number of benzene rings is 4. The summed E-state index contributed by atoms with van der Waals surface area (Å²) in [7, 11) is 0. The number of aromatic nitrogens is 2. The highest BCUT2D eigenvalue weighted by Gasteiger charge is 2.35. The summed E-state index contributed by atoms with van der Waals surface area (Å²) in [5.41, 5.74) is 8.36. The van der Waals surface area contributed by atoms with Crippen molar-refractivity contribution in [2.45, 2.75) is 19.3 Å². The van der Waals surface area contributed by atoms with Crippen molar-refractivity contribution >= 4 is 22.5 Å². The first-order chi connectivity index (χ1) is 17.2. The van der Waals surface area contributed by atoms with Crippen molar-refractivity contribution in [2.24, 2.45) is 0 Å². The molecular weight excluding hydrogens is 412 g/mol. The van der Waals surface area contributed by atoms with Gasteiger partial charge < -0.3 is 0 Å². The molecular formula is C29H21ClN2. The van der Waals surface area contributed by atoms with Gasteiger partial charge in [0, 0.05) is 16.4 Å². The van der Waals surface area contributed by atoms with Crippen LogP contribution in [0, 0.1) is 0 Å². The predicted octanol–water partition coefficient (Wildman–Crippen LogP) is 7.92. The highest BCUT2D eigenvalue weighted by molar-refractivity contribution is 6.28. The molecule has 4 aromatic carbocycles. The lowest BCUT2D eigenvalue weighted by molar-refractivity contribution is 0.660. The molecule has 3 heteroatoms. The molecule has 0 saturated heterocycles. The Labute approximate surface area is 198 Å². The molecule has 32 heavy (non-hydrogen) atoms. The maximum absolute atomic E-state index is 8.36. The van der Waals surface area contributed by atoms with Crippen LogP contribution in [0.25, 0.3) is 44.4 Å². The van der Waals surface area contributed by atoms with E-state index in [9.17, 15) is 0 Å². The number of halogens is 1. The zero-order valence-corrected chi connectivity index (χ0v) is 18.4. The predicted molar refractivity (Wildman–Crippen MR) is 133 cm³/mol. The van der Waals surface area contributed by atoms with E-state index in [4.69, 9.17) is 17.1 Å². The van der Waals surface area contributed by atoms with Crippen LogP contribution in [-0.4, -0.2) is 9.97 Å². The normalized spacial score (nSPS) is 15.5. The maximum atomic E-state index is 8.36. The first-order valence-electron chi connectivity index (χ1n) is 12.5. The summed E-state index contributed by atoms with van der Waals surface area (Å²) in [4.78, 5) is 8.78. The van der Waals surface area contributed by atoms with Gasteiger partial charge in [0.25, 0.3) is 0 Å². The summed E-state index contributed by atoms with van der Waals surface area (Å²) in [6.07, 6.45) is 0. The third-order valence-electron chi connectivity index (χ3n) is 6.39. The van der Waals surface area contributed by atoms with E-state index in [0.29, 0.717) is 22.2 Å². The number of rotatable bonds is 2. The third-order valence-corrected chi connectivity index (χ3v) is 6.56. The van der Waals surface area contributed by atoms with Gasteiger partial charge in [0.05, 0.1) is 16.7 Å². The van der Waals surface area contributed by atoms with Crippen molar-refractivity contribution in [3.63, 3.8) is 0 Å². The van der Waals surface area contributed by atoms with E-state index in [2.05, 4.69) is 66.3 Å². The van der Waals surface area contributed by atoms with Crippen LogP contribution in [0.5, 0.6) is 0 Å². The van der Waals surface area contributed by atoms with Gasteiger partial charge >= 0.3 is 0 Å². The van der Waals surface area contributed by atoms with Crippen LogP contribution in [-0.2, 0) is 5.41 Å². The number of hydrogen-bond donors (Lipinski definition) is 0. The summed E-state index contributed by atoms with van der Waals surface area (Å²) < 4.78 is 32.3. The second-order valence-corrected chi connectivity index (χ2v) is 8.92. The summed E-state index contributed by atoms with van der Waals surface area (Å²) in [6, 6.07) is 21.5. The second-order valence-electron chi connectivity index (χ2n) is 8.58. The molecule has 1 aliphatic carbocycles. The molecule has 1 heterocycles. The van der Waals surface area contributed by atoms with E-state index in [1.807, 2.05) is 18.2 Å². The van der Waals surface area contributed by atoms with E-state index in [0.717, 1.165) is 11.1 Å². The van der Waals surface area contributed by atoms with Crippen LogP contribution in [0.3, 0.4) is 0 Å². The van der Waals surface area contributed by atoms with Gasteiger partial charge in [0.15, 0.2) is 0 Å². The smallest absolute Gasteiger partial charge is 0.218 e. The molecule has 0 spiro atoms. The monoisotopic (exact) mass is 436 g/mol. The Kier molecular flexibility index (Phi) is 3.36. The number of fused-ring (bicyclic) bond motifs is 4. The van der Waals surface area contributed by atoms with Gasteiger partial charge in [-0.15, -0.1) is 0 Å². The highest BCUT2D eigenvalue weighted by Crippen LogP contribution is 2.49. The minimum Gasteiger partial charge on any atom is -0.218 e. The van der Waals surface area contributed by atoms with Crippen molar-refractivity contribution < 1.29 is 5.48 Å². The van der Waals surface area contributed by atoms with Gasteiger partial charge in [-0.1, -0.05) is 86.5 Å². The Hall–Kier alpha value is -3.49. The van der Waals surface area contributed by atoms with E-state index in [1.54, 1.807) is 0 Å². The first kappa shape index (κ1) is 15.3. The van der Waals surface area contributed by atoms with Crippen LogP contribution in [0.2, 0.25) is 5.28 Å². The van der Waals surface area contributed by atoms with Gasteiger partial charge in [-0.3, -0.25) is 0 Å². The zero-order chi connectivity index (χ0) is 25.4. The van der Waals surface area contributed by atoms with Crippen LogP contribution in [0.4, 0.5) is 0 Å². The van der Waals surface area contributed by atoms with Gasteiger partial charge in [-0.2, -0.15) is 0 Å². The lowest BCUT2D eigenvalue weighted by Crippen LogP contribution is -2.14. The van der Waals surface area contributed by atoms with Crippen molar-refractivity contribution in [3.05, 3.63) is 107 Å². The Balaban J connectivity index is 1.51. The Bertz CT molecular complexity index is 1730. The molecule has 5 aromatic rings. The van der Waals surface area contributed by atoms with Gasteiger partial charge in [-0.05, 0) is 63.2 Å². The fraction of sp³-hybridized carbons (Fsp3) is 0.103. The van der Waals surface area contributed by atoms with Gasteiger partial charge in [0.1, 0.15) is 0 Å². The average molecular weight is 437 g/mol. The fourth-order valence-corrected chi connectivity index (χ4v) is 4.95. The molecule has 0 amide bonds. The maximum Gasteiger partial charge on any atom is 0.223 e. The minimum absolute atomic E-state index is 0.0209. The van der Waals surface area contributed by atoms with E-state index >= 15 is 0 Å². The summed E-state index contributed by atoms with van der Waals surface area (Å²) >= 11 is 6.29. The molecule has 2 nitrogen and oxygen atoms in total. The molecule has 0 atom stereocenters. The lowest BCUT2D eigenvalue weighted by atomic mass is 9.81. The van der Waals surface area contributed by atoms with Gasteiger partial charge in [0.2, 0.25) is 5.28 Å². The average Bonchev–Trinajstić information content (AvgIpc) is 3.10. The number of nitrogens with zero attached hydrogens (tertiary/aromatic N) is 2. The van der Waals surface area contributed by atoms with Crippen molar-refractivity contribution in [1.82, 2.24) is 9.97 Å². The molecule has 1 aliphatic rings. The third kappa shape index (κ3) is 2.87. The quantitative estimate of drug-likeness (QED) is 0.262. The summed E-state index contributed by atoms with van der Waals surface area (Å²) in [5.74, 6) is 0. The van der Waals surface area contributed by atoms with Crippen LogP contribution >= 0.6 is 11.6 Å². The van der Waals surface area contributed by atoms with E-state index < -0.39 is 0 Å². The Morgan fingerprint density at radius 2 is 1.53 bits per heavy atom. The Morgan fingerprint density at radius 1 is 0.750 bits per heavy atom. The largest absolute Gasteiger partial charge is 0.223 e. The molecule has 0 N–H and O–H groups in total. The molecule has 0 unspecified atom stereocenters. The molecule has 0 radical (unpaired) electrons. The zero-order valence-electron chi connectivity index (χ0n) is 21.6. The van der Waals surface area contributed by atoms with Crippen molar-refractivity contribution in [1.29, 1.82) is 0 Å². The molecule has 154 valence electrons. The molecule has 1 aromatic heterocycles. The molecule has 0 aliphatic heterocycles. The van der Waals surface area contributed by atoms with Gasteiger partial charge in [-0.25, -0.2) is 9.97 Å². The summed E-state index contributed by atoms with van der Waals surface area (Å²) in [6.45, 7) is 4.51. The van der Waals surface area contributed by atoms with Crippen LogP contribution in [0.15, 0.2) is 90.9 Å². The standard InChI is InChI=1S/C29H21ClN2/c1-29(2)24-11-7-6-10-21(24)22-14-12-19(16-25(22)29)20-13-15-23-26(17-20)31-28(30)32-27(23)18-8-4-3-5-9-18/h3-17H,1-2H3/i3D,4D,5D,8D. The molecule has 0 fully saturated rings. The first-order valence-corrected chi connectivity index (χ1v) is 10.8. The number of hydrogen-bond acceptors (Lipinski definition) is 2. The fourth-order valence-electron chi connectivity index (χ4n) is 4.78. The second kappa shape index (κ2) is 7.01. The SMILES string of the molecule is [2H]c1cc(-c2nc(Cl)nc3cc(-c4ccc5c(c4)C(C)(C)c4ccccc4-5)ccc23)c([2H])c([2H])c1[2H]. The van der Waals surface area contributed by atoms with Crippen molar-refractivity contribution in [2.75, 3.05) is 0 Å². The summed E-state index contributed by atoms with van der Waals surface area (Å²) in [5, 5.41) is 0.690. The molecule has 6 rings (SSSR count).